The number of hydrogen-bond acceptors (Lipinski definition) is 2. The van der Waals surface area contributed by atoms with E-state index in [1.165, 1.54) is 42.3 Å². The van der Waals surface area contributed by atoms with Crippen LogP contribution in [0.5, 0.6) is 0 Å². The Hall–Kier alpha value is -0.350. The molecule has 1 saturated carbocycles. The molecule has 0 aliphatic heterocycles. The van der Waals surface area contributed by atoms with Gasteiger partial charge in [0, 0.05) is 13.1 Å². The summed E-state index contributed by atoms with van der Waals surface area (Å²) >= 11 is 3.64. The van der Waals surface area contributed by atoms with E-state index in [0.29, 0.717) is 0 Å². The third-order valence-corrected chi connectivity index (χ3v) is 4.93. The van der Waals surface area contributed by atoms with Gasteiger partial charge >= 0.3 is 0 Å². The highest BCUT2D eigenvalue weighted by Gasteiger charge is 2.15. The van der Waals surface area contributed by atoms with Crippen molar-refractivity contribution in [1.82, 2.24) is 15.1 Å². The van der Waals surface area contributed by atoms with E-state index >= 15 is 0 Å². The van der Waals surface area contributed by atoms with Crippen molar-refractivity contribution in [2.24, 2.45) is 5.92 Å². The molecular formula is C14H24BrN3. The van der Waals surface area contributed by atoms with Gasteiger partial charge in [-0.2, -0.15) is 5.10 Å². The van der Waals surface area contributed by atoms with Gasteiger partial charge in [-0.05, 0) is 55.1 Å². The summed E-state index contributed by atoms with van der Waals surface area (Å²) in [7, 11) is 0. The molecule has 1 aromatic rings. The topological polar surface area (TPSA) is 29.9 Å². The molecule has 1 aromatic heterocycles. The smallest absolute Gasteiger partial charge is 0.0739 e. The van der Waals surface area contributed by atoms with Crippen molar-refractivity contribution in [3.63, 3.8) is 0 Å². The molecule has 1 N–H and O–H groups in total. The minimum atomic E-state index is 0.886. The van der Waals surface area contributed by atoms with Gasteiger partial charge in [0.05, 0.1) is 15.9 Å². The Kier molecular flexibility index (Phi) is 5.25. The quantitative estimate of drug-likeness (QED) is 0.899. The zero-order valence-corrected chi connectivity index (χ0v) is 13.1. The molecule has 1 aliphatic carbocycles. The number of halogens is 1. The van der Waals surface area contributed by atoms with E-state index in [-0.39, 0.29) is 0 Å². The third kappa shape index (κ3) is 3.35. The SMILES string of the molecule is CCn1nc(C)c(Br)c1CNCC1CCCCC1. The number of nitrogens with zero attached hydrogens (tertiary/aromatic N) is 2. The van der Waals surface area contributed by atoms with Crippen LogP contribution in [0, 0.1) is 12.8 Å². The van der Waals surface area contributed by atoms with Crippen LogP contribution >= 0.6 is 15.9 Å². The summed E-state index contributed by atoms with van der Waals surface area (Å²) in [6.07, 6.45) is 7.08. The standard InChI is InChI=1S/C14H24BrN3/c1-3-18-13(14(15)11(2)17-18)10-16-9-12-7-5-4-6-8-12/h12,16H,3-10H2,1-2H3. The number of rotatable bonds is 5. The first-order valence-electron chi connectivity index (χ1n) is 7.14. The predicted molar refractivity (Wildman–Crippen MR) is 78.6 cm³/mol. The number of aromatic nitrogens is 2. The van der Waals surface area contributed by atoms with E-state index in [0.717, 1.165) is 31.2 Å². The van der Waals surface area contributed by atoms with Crippen LogP contribution in [0.25, 0.3) is 0 Å². The first kappa shape index (κ1) is 14.1. The summed E-state index contributed by atoms with van der Waals surface area (Å²) < 4.78 is 3.26. The summed E-state index contributed by atoms with van der Waals surface area (Å²) in [5.74, 6) is 0.886. The van der Waals surface area contributed by atoms with Gasteiger partial charge in [0.25, 0.3) is 0 Å². The Balaban J connectivity index is 1.85. The minimum absolute atomic E-state index is 0.886. The summed E-state index contributed by atoms with van der Waals surface area (Å²) in [4.78, 5) is 0. The van der Waals surface area contributed by atoms with Crippen LogP contribution in [-0.2, 0) is 13.1 Å². The molecule has 4 heteroatoms. The molecule has 0 unspecified atom stereocenters. The zero-order chi connectivity index (χ0) is 13.0. The third-order valence-electron chi connectivity index (χ3n) is 3.90. The van der Waals surface area contributed by atoms with Crippen molar-refractivity contribution in [2.75, 3.05) is 6.54 Å². The molecule has 2 rings (SSSR count). The van der Waals surface area contributed by atoms with Crippen LogP contribution in [-0.4, -0.2) is 16.3 Å². The van der Waals surface area contributed by atoms with Crippen LogP contribution < -0.4 is 5.32 Å². The zero-order valence-electron chi connectivity index (χ0n) is 11.5. The lowest BCUT2D eigenvalue weighted by Crippen LogP contribution is -2.25. The lowest BCUT2D eigenvalue weighted by atomic mass is 9.89. The second kappa shape index (κ2) is 6.71. The molecule has 102 valence electrons. The number of aryl methyl sites for hydroxylation is 2. The summed E-state index contributed by atoms with van der Waals surface area (Å²) in [6, 6.07) is 0. The van der Waals surface area contributed by atoms with Crippen molar-refractivity contribution in [3.05, 3.63) is 15.9 Å². The minimum Gasteiger partial charge on any atom is -0.311 e. The highest BCUT2D eigenvalue weighted by atomic mass is 79.9. The van der Waals surface area contributed by atoms with Crippen LogP contribution in [0.4, 0.5) is 0 Å². The average Bonchev–Trinajstić information content (AvgIpc) is 2.67. The predicted octanol–water partition coefficient (Wildman–Crippen LogP) is 3.64. The average molecular weight is 314 g/mol. The largest absolute Gasteiger partial charge is 0.311 e. The van der Waals surface area contributed by atoms with Crippen LogP contribution in [0.15, 0.2) is 4.47 Å². The monoisotopic (exact) mass is 313 g/mol. The Labute approximate surface area is 118 Å². The number of nitrogens with one attached hydrogen (secondary N) is 1. The molecule has 0 spiro atoms. The summed E-state index contributed by atoms with van der Waals surface area (Å²) in [6.45, 7) is 7.21. The van der Waals surface area contributed by atoms with Crippen LogP contribution in [0.1, 0.15) is 50.4 Å². The molecule has 0 aromatic carbocycles. The Morgan fingerprint density at radius 2 is 2.06 bits per heavy atom. The molecule has 0 amide bonds. The van der Waals surface area contributed by atoms with Crippen LogP contribution in [0.3, 0.4) is 0 Å². The fourth-order valence-electron chi connectivity index (χ4n) is 2.82. The maximum absolute atomic E-state index is 4.52. The van der Waals surface area contributed by atoms with E-state index < -0.39 is 0 Å². The first-order chi connectivity index (χ1) is 8.72. The van der Waals surface area contributed by atoms with Crippen molar-refractivity contribution in [3.8, 4) is 0 Å². The van der Waals surface area contributed by atoms with E-state index in [9.17, 15) is 0 Å². The molecule has 3 nitrogen and oxygen atoms in total. The molecular weight excluding hydrogens is 290 g/mol. The van der Waals surface area contributed by atoms with Crippen molar-refractivity contribution < 1.29 is 0 Å². The van der Waals surface area contributed by atoms with Crippen molar-refractivity contribution >= 4 is 15.9 Å². The second-order valence-electron chi connectivity index (χ2n) is 5.30. The molecule has 1 heterocycles. The van der Waals surface area contributed by atoms with Crippen LogP contribution in [0.2, 0.25) is 0 Å². The van der Waals surface area contributed by atoms with Crippen molar-refractivity contribution in [1.29, 1.82) is 0 Å². The fourth-order valence-corrected chi connectivity index (χ4v) is 3.25. The highest BCUT2D eigenvalue weighted by molar-refractivity contribution is 9.10. The first-order valence-corrected chi connectivity index (χ1v) is 7.94. The molecule has 0 atom stereocenters. The molecule has 0 bridgehead atoms. The van der Waals surface area contributed by atoms with E-state index in [4.69, 9.17) is 0 Å². The normalized spacial score (nSPS) is 17.3. The van der Waals surface area contributed by atoms with E-state index in [1.54, 1.807) is 0 Å². The Bertz CT molecular complexity index is 381. The lowest BCUT2D eigenvalue weighted by molar-refractivity contribution is 0.340. The highest BCUT2D eigenvalue weighted by Crippen LogP contribution is 2.24. The van der Waals surface area contributed by atoms with Gasteiger partial charge in [0.2, 0.25) is 0 Å². The molecule has 1 aliphatic rings. The molecule has 0 radical (unpaired) electrons. The molecule has 1 fully saturated rings. The fraction of sp³-hybridized carbons (Fsp3) is 0.786. The Morgan fingerprint density at radius 3 is 2.72 bits per heavy atom. The Morgan fingerprint density at radius 1 is 1.33 bits per heavy atom. The van der Waals surface area contributed by atoms with E-state index in [2.05, 4.69) is 44.9 Å². The summed E-state index contributed by atoms with van der Waals surface area (Å²) in [5.41, 5.74) is 2.37. The van der Waals surface area contributed by atoms with Gasteiger partial charge in [-0.1, -0.05) is 19.3 Å². The van der Waals surface area contributed by atoms with Gasteiger partial charge < -0.3 is 5.32 Å². The van der Waals surface area contributed by atoms with Gasteiger partial charge in [0.1, 0.15) is 0 Å². The maximum atomic E-state index is 4.52. The van der Waals surface area contributed by atoms with Gasteiger partial charge in [-0.3, -0.25) is 4.68 Å². The molecule has 18 heavy (non-hydrogen) atoms. The second-order valence-corrected chi connectivity index (χ2v) is 6.09. The number of hydrogen-bond donors (Lipinski definition) is 1. The van der Waals surface area contributed by atoms with Crippen molar-refractivity contribution in [2.45, 2.75) is 59.0 Å². The molecule has 0 saturated heterocycles. The van der Waals surface area contributed by atoms with Gasteiger partial charge in [-0.25, -0.2) is 0 Å². The van der Waals surface area contributed by atoms with Gasteiger partial charge in [0.15, 0.2) is 0 Å². The maximum Gasteiger partial charge on any atom is 0.0739 e. The van der Waals surface area contributed by atoms with Gasteiger partial charge in [-0.15, -0.1) is 0 Å². The summed E-state index contributed by atoms with van der Waals surface area (Å²) in [5, 5.41) is 8.13. The lowest BCUT2D eigenvalue weighted by Gasteiger charge is -2.21. The van der Waals surface area contributed by atoms with E-state index in [1.807, 2.05) is 0 Å².